The zero-order valence-corrected chi connectivity index (χ0v) is 19.6. The lowest BCUT2D eigenvalue weighted by atomic mass is 10.1. The van der Waals surface area contributed by atoms with E-state index in [-0.39, 0.29) is 17.9 Å². The van der Waals surface area contributed by atoms with E-state index < -0.39 is 6.04 Å². The second-order valence-electron chi connectivity index (χ2n) is 8.01. The van der Waals surface area contributed by atoms with E-state index in [4.69, 9.17) is 0 Å². The average molecular weight is 427 g/mol. The summed E-state index contributed by atoms with van der Waals surface area (Å²) in [5, 5.41) is 2.98. The fraction of sp³-hybridized carbons (Fsp3) is 0.440. The minimum Gasteiger partial charge on any atom is -0.352 e. The highest BCUT2D eigenvalue weighted by Crippen LogP contribution is 2.21. The standard InChI is InChI=1S/C25H34N2O2S/c1-6-23(25(29)26-18(2)3)27(17-21-9-7-8-20(5)16-21)24(28)14-15-30-22-12-10-19(4)11-13-22/h7-13,16,18,23H,6,14-15,17H2,1-5H3,(H,26,29). The molecule has 2 rings (SSSR count). The average Bonchev–Trinajstić information content (AvgIpc) is 2.68. The number of benzene rings is 2. The van der Waals surface area contributed by atoms with Crippen molar-refractivity contribution in [2.75, 3.05) is 5.75 Å². The van der Waals surface area contributed by atoms with Crippen molar-refractivity contribution in [2.45, 2.75) is 71.0 Å². The van der Waals surface area contributed by atoms with Gasteiger partial charge in [0.1, 0.15) is 6.04 Å². The Kier molecular flexibility index (Phi) is 9.44. The van der Waals surface area contributed by atoms with Crippen molar-refractivity contribution in [1.82, 2.24) is 10.2 Å². The first kappa shape index (κ1) is 24.0. The Morgan fingerprint density at radius 2 is 1.73 bits per heavy atom. The van der Waals surface area contributed by atoms with Gasteiger partial charge in [-0.2, -0.15) is 0 Å². The molecule has 162 valence electrons. The van der Waals surface area contributed by atoms with Crippen LogP contribution in [0.2, 0.25) is 0 Å². The molecule has 0 radical (unpaired) electrons. The number of hydrogen-bond donors (Lipinski definition) is 1. The summed E-state index contributed by atoms with van der Waals surface area (Å²) in [6, 6.07) is 16.0. The fourth-order valence-electron chi connectivity index (χ4n) is 3.34. The third-order valence-electron chi connectivity index (χ3n) is 4.86. The first-order valence-corrected chi connectivity index (χ1v) is 11.6. The molecule has 30 heavy (non-hydrogen) atoms. The second-order valence-corrected chi connectivity index (χ2v) is 9.18. The van der Waals surface area contributed by atoms with E-state index >= 15 is 0 Å². The van der Waals surface area contributed by atoms with Crippen LogP contribution in [-0.2, 0) is 16.1 Å². The molecule has 0 saturated carbocycles. The van der Waals surface area contributed by atoms with Crippen molar-refractivity contribution < 1.29 is 9.59 Å². The van der Waals surface area contributed by atoms with Crippen molar-refractivity contribution in [3.63, 3.8) is 0 Å². The first-order chi connectivity index (χ1) is 14.3. The normalized spacial score (nSPS) is 11.9. The van der Waals surface area contributed by atoms with Gasteiger partial charge in [0.15, 0.2) is 0 Å². The first-order valence-electron chi connectivity index (χ1n) is 10.6. The number of carbonyl (C=O) groups is 2. The molecule has 0 aliphatic rings. The number of hydrogen-bond acceptors (Lipinski definition) is 3. The van der Waals surface area contributed by atoms with Crippen molar-refractivity contribution in [3.05, 3.63) is 65.2 Å². The van der Waals surface area contributed by atoms with E-state index in [2.05, 4.69) is 42.6 Å². The number of thioether (sulfide) groups is 1. The summed E-state index contributed by atoms with van der Waals surface area (Å²) in [4.78, 5) is 28.9. The lowest BCUT2D eigenvalue weighted by molar-refractivity contribution is -0.141. The van der Waals surface area contributed by atoms with Gasteiger partial charge in [-0.3, -0.25) is 9.59 Å². The molecule has 5 heteroatoms. The van der Waals surface area contributed by atoms with Crippen LogP contribution in [0.4, 0.5) is 0 Å². The SMILES string of the molecule is CCC(C(=O)NC(C)C)N(Cc1cccc(C)c1)C(=O)CCSc1ccc(C)cc1. The molecule has 0 fully saturated rings. The summed E-state index contributed by atoms with van der Waals surface area (Å²) < 4.78 is 0. The molecular weight excluding hydrogens is 392 g/mol. The maximum Gasteiger partial charge on any atom is 0.243 e. The van der Waals surface area contributed by atoms with Crippen LogP contribution in [0.15, 0.2) is 53.4 Å². The van der Waals surface area contributed by atoms with Gasteiger partial charge < -0.3 is 10.2 Å². The van der Waals surface area contributed by atoms with Crippen LogP contribution in [0.3, 0.4) is 0 Å². The van der Waals surface area contributed by atoms with Crippen molar-refractivity contribution in [3.8, 4) is 0 Å². The van der Waals surface area contributed by atoms with E-state index in [0.717, 1.165) is 16.0 Å². The van der Waals surface area contributed by atoms with Crippen molar-refractivity contribution in [2.24, 2.45) is 0 Å². The van der Waals surface area contributed by atoms with E-state index in [1.54, 1.807) is 16.7 Å². The molecule has 0 aliphatic carbocycles. The summed E-state index contributed by atoms with van der Waals surface area (Å²) in [5.74, 6) is 0.621. The van der Waals surface area contributed by atoms with Crippen molar-refractivity contribution in [1.29, 1.82) is 0 Å². The summed E-state index contributed by atoms with van der Waals surface area (Å²) in [6.07, 6.45) is 0.983. The largest absolute Gasteiger partial charge is 0.352 e. The molecule has 0 heterocycles. The minimum atomic E-state index is -0.468. The van der Waals surface area contributed by atoms with Crippen molar-refractivity contribution >= 4 is 23.6 Å². The summed E-state index contributed by atoms with van der Waals surface area (Å²) in [5.41, 5.74) is 3.42. The Bertz CT molecular complexity index is 833. The van der Waals surface area contributed by atoms with Gasteiger partial charge in [0, 0.05) is 29.7 Å². The van der Waals surface area contributed by atoms with Gasteiger partial charge in [-0.15, -0.1) is 11.8 Å². The maximum absolute atomic E-state index is 13.2. The topological polar surface area (TPSA) is 49.4 Å². The summed E-state index contributed by atoms with van der Waals surface area (Å²) in [6.45, 7) is 10.4. The van der Waals surface area contributed by atoms with E-state index in [0.29, 0.717) is 25.1 Å². The minimum absolute atomic E-state index is 0.0156. The van der Waals surface area contributed by atoms with Crippen LogP contribution in [0.1, 0.15) is 50.3 Å². The highest BCUT2D eigenvalue weighted by Gasteiger charge is 2.28. The lowest BCUT2D eigenvalue weighted by Gasteiger charge is -2.31. The molecule has 1 atom stereocenters. The zero-order valence-electron chi connectivity index (χ0n) is 18.8. The lowest BCUT2D eigenvalue weighted by Crippen LogP contribution is -2.50. The molecule has 2 aromatic rings. The van der Waals surface area contributed by atoms with Crippen LogP contribution < -0.4 is 5.32 Å². The third kappa shape index (κ3) is 7.52. The van der Waals surface area contributed by atoms with Crippen LogP contribution in [0.5, 0.6) is 0 Å². The summed E-state index contributed by atoms with van der Waals surface area (Å²) >= 11 is 1.67. The zero-order chi connectivity index (χ0) is 22.1. The van der Waals surface area contributed by atoms with E-state index in [9.17, 15) is 9.59 Å². The Morgan fingerprint density at radius 1 is 1.03 bits per heavy atom. The molecule has 0 saturated heterocycles. The molecule has 1 N–H and O–H groups in total. The molecule has 0 bridgehead atoms. The Balaban J connectivity index is 2.12. The van der Waals surface area contributed by atoms with Gasteiger partial charge in [0.05, 0.1) is 0 Å². The highest BCUT2D eigenvalue weighted by molar-refractivity contribution is 7.99. The molecule has 0 aliphatic heterocycles. The van der Waals surface area contributed by atoms with Gasteiger partial charge in [-0.1, -0.05) is 54.4 Å². The van der Waals surface area contributed by atoms with Crippen LogP contribution >= 0.6 is 11.8 Å². The summed E-state index contributed by atoms with van der Waals surface area (Å²) in [7, 11) is 0. The number of nitrogens with one attached hydrogen (secondary N) is 1. The predicted molar refractivity (Wildman–Crippen MR) is 126 cm³/mol. The monoisotopic (exact) mass is 426 g/mol. The number of nitrogens with zero attached hydrogens (tertiary/aromatic N) is 1. The molecular formula is C25H34N2O2S. The number of amides is 2. The Hall–Kier alpha value is -2.27. The molecule has 0 spiro atoms. The van der Waals surface area contributed by atoms with Gasteiger partial charge >= 0.3 is 0 Å². The predicted octanol–water partition coefficient (Wildman–Crippen LogP) is 5.12. The molecule has 4 nitrogen and oxygen atoms in total. The Morgan fingerprint density at radius 3 is 2.33 bits per heavy atom. The molecule has 1 unspecified atom stereocenters. The smallest absolute Gasteiger partial charge is 0.243 e. The number of rotatable bonds is 10. The van der Waals surface area contributed by atoms with Crippen LogP contribution in [0.25, 0.3) is 0 Å². The number of aryl methyl sites for hydroxylation is 2. The van der Waals surface area contributed by atoms with Gasteiger partial charge in [0.25, 0.3) is 0 Å². The maximum atomic E-state index is 13.2. The number of carbonyl (C=O) groups excluding carboxylic acids is 2. The molecule has 0 aromatic heterocycles. The van der Waals surface area contributed by atoms with Gasteiger partial charge in [0.2, 0.25) is 11.8 Å². The highest BCUT2D eigenvalue weighted by atomic mass is 32.2. The molecule has 2 amide bonds. The van der Waals surface area contributed by atoms with Gasteiger partial charge in [-0.25, -0.2) is 0 Å². The van der Waals surface area contributed by atoms with Gasteiger partial charge in [-0.05, 0) is 51.8 Å². The second kappa shape index (κ2) is 11.8. The van der Waals surface area contributed by atoms with E-state index in [1.165, 1.54) is 5.56 Å². The molecule has 2 aromatic carbocycles. The van der Waals surface area contributed by atoms with E-state index in [1.807, 2.05) is 45.9 Å². The van der Waals surface area contributed by atoms with Crippen LogP contribution in [0, 0.1) is 13.8 Å². The quantitative estimate of drug-likeness (QED) is 0.537. The van der Waals surface area contributed by atoms with Crippen LogP contribution in [-0.4, -0.2) is 34.6 Å². The fourth-order valence-corrected chi connectivity index (χ4v) is 4.18. The Labute approximate surface area is 185 Å². The third-order valence-corrected chi connectivity index (χ3v) is 5.87.